The van der Waals surface area contributed by atoms with Crippen molar-refractivity contribution in [3.63, 3.8) is 0 Å². The second kappa shape index (κ2) is 5.33. The number of carbonyl (C=O) groups is 1. The molecular weight excluding hydrogens is 238 g/mol. The smallest absolute Gasteiger partial charge is 0.253 e. The van der Waals surface area contributed by atoms with Crippen molar-refractivity contribution in [3.8, 4) is 0 Å². The molecule has 0 bridgehead atoms. The molecule has 100 valence electrons. The van der Waals surface area contributed by atoms with Gasteiger partial charge in [0.1, 0.15) is 0 Å². The Kier molecular flexibility index (Phi) is 4.27. The zero-order valence-electron chi connectivity index (χ0n) is 10.8. The number of nitrogens with two attached hydrogens (primary N) is 1. The van der Waals surface area contributed by atoms with Crippen LogP contribution in [-0.4, -0.2) is 12.5 Å². The Morgan fingerprint density at radius 1 is 1.28 bits per heavy atom. The zero-order valence-corrected chi connectivity index (χ0v) is 10.8. The topological polar surface area (TPSA) is 55.1 Å². The molecule has 0 aliphatic rings. The number of rotatable bonds is 3. The minimum Gasteiger partial charge on any atom is -0.398 e. The zero-order chi connectivity index (χ0) is 13.9. The number of nitrogen functional groups attached to an aromatic ring is 1. The number of anilines is 1. The Morgan fingerprint density at radius 2 is 1.83 bits per heavy atom. The minimum atomic E-state index is -1.08. The van der Waals surface area contributed by atoms with E-state index < -0.39 is 17.5 Å². The van der Waals surface area contributed by atoms with Gasteiger partial charge >= 0.3 is 0 Å². The van der Waals surface area contributed by atoms with E-state index in [9.17, 15) is 13.6 Å². The Morgan fingerprint density at radius 3 is 2.39 bits per heavy atom. The van der Waals surface area contributed by atoms with E-state index in [1.165, 1.54) is 0 Å². The molecule has 0 saturated heterocycles. The van der Waals surface area contributed by atoms with E-state index >= 15 is 0 Å². The fourth-order valence-corrected chi connectivity index (χ4v) is 1.41. The largest absolute Gasteiger partial charge is 0.398 e. The lowest BCUT2D eigenvalue weighted by Gasteiger charge is -2.18. The Bertz CT molecular complexity index is 453. The van der Waals surface area contributed by atoms with Gasteiger partial charge in [-0.25, -0.2) is 8.78 Å². The standard InChI is InChI=1S/C13H18F2N2O/c1-13(2,3)4-5-17-12(18)8-6-9(14)10(15)7-11(8)16/h6-7H,4-5,16H2,1-3H3,(H,17,18). The van der Waals surface area contributed by atoms with Gasteiger partial charge in [0.2, 0.25) is 0 Å². The summed E-state index contributed by atoms with van der Waals surface area (Å²) in [5.41, 5.74) is 5.46. The fourth-order valence-electron chi connectivity index (χ4n) is 1.41. The second-order valence-electron chi connectivity index (χ2n) is 5.42. The van der Waals surface area contributed by atoms with Crippen molar-refractivity contribution < 1.29 is 13.6 Å². The lowest BCUT2D eigenvalue weighted by atomic mass is 9.92. The van der Waals surface area contributed by atoms with E-state index in [1.54, 1.807) is 0 Å². The van der Waals surface area contributed by atoms with Crippen LogP contribution in [0.2, 0.25) is 0 Å². The molecule has 0 heterocycles. The van der Waals surface area contributed by atoms with Crippen LogP contribution in [0.15, 0.2) is 12.1 Å². The maximum atomic E-state index is 13.0. The number of hydrogen-bond acceptors (Lipinski definition) is 2. The molecule has 1 rings (SSSR count). The first-order valence-corrected chi connectivity index (χ1v) is 5.73. The Hall–Kier alpha value is -1.65. The molecule has 0 radical (unpaired) electrons. The first-order valence-electron chi connectivity index (χ1n) is 5.73. The third-order valence-electron chi connectivity index (χ3n) is 2.50. The lowest BCUT2D eigenvalue weighted by Crippen LogP contribution is -2.28. The van der Waals surface area contributed by atoms with E-state index in [-0.39, 0.29) is 16.7 Å². The van der Waals surface area contributed by atoms with Gasteiger partial charge in [-0.3, -0.25) is 4.79 Å². The van der Waals surface area contributed by atoms with Crippen molar-refractivity contribution in [1.29, 1.82) is 0 Å². The monoisotopic (exact) mass is 256 g/mol. The highest BCUT2D eigenvalue weighted by molar-refractivity contribution is 5.99. The average molecular weight is 256 g/mol. The fraction of sp³-hybridized carbons (Fsp3) is 0.462. The first kappa shape index (κ1) is 14.4. The van der Waals surface area contributed by atoms with E-state index in [2.05, 4.69) is 5.32 Å². The summed E-state index contributed by atoms with van der Waals surface area (Å²) >= 11 is 0. The highest BCUT2D eigenvalue weighted by Gasteiger charge is 2.15. The molecule has 0 unspecified atom stereocenters. The van der Waals surface area contributed by atoms with Crippen molar-refractivity contribution >= 4 is 11.6 Å². The quantitative estimate of drug-likeness (QED) is 0.817. The lowest BCUT2D eigenvalue weighted by molar-refractivity contribution is 0.0950. The summed E-state index contributed by atoms with van der Waals surface area (Å²) in [7, 11) is 0. The van der Waals surface area contributed by atoms with Crippen LogP contribution in [-0.2, 0) is 0 Å². The van der Waals surface area contributed by atoms with Gasteiger partial charge in [-0.15, -0.1) is 0 Å². The van der Waals surface area contributed by atoms with Crippen LogP contribution in [0, 0.1) is 17.0 Å². The summed E-state index contributed by atoms with van der Waals surface area (Å²) in [5, 5.41) is 2.63. The van der Waals surface area contributed by atoms with Crippen LogP contribution in [0.3, 0.4) is 0 Å². The van der Waals surface area contributed by atoms with Gasteiger partial charge in [0.15, 0.2) is 11.6 Å². The molecule has 5 heteroatoms. The van der Waals surface area contributed by atoms with Crippen LogP contribution in [0.1, 0.15) is 37.6 Å². The predicted octanol–water partition coefficient (Wildman–Crippen LogP) is 2.71. The maximum absolute atomic E-state index is 13.0. The van der Waals surface area contributed by atoms with E-state index in [4.69, 9.17) is 5.73 Å². The van der Waals surface area contributed by atoms with Crippen LogP contribution < -0.4 is 11.1 Å². The van der Waals surface area contributed by atoms with Crippen molar-refractivity contribution in [2.75, 3.05) is 12.3 Å². The molecule has 3 N–H and O–H groups in total. The van der Waals surface area contributed by atoms with Crippen LogP contribution in [0.5, 0.6) is 0 Å². The molecule has 0 aliphatic carbocycles. The molecular formula is C13H18F2N2O. The first-order chi connectivity index (χ1) is 8.20. The number of benzene rings is 1. The van der Waals surface area contributed by atoms with Gasteiger partial charge in [-0.2, -0.15) is 0 Å². The molecule has 0 spiro atoms. The molecule has 1 aromatic rings. The Balaban J connectivity index is 2.70. The minimum absolute atomic E-state index is 0.0391. The summed E-state index contributed by atoms with van der Waals surface area (Å²) < 4.78 is 25.9. The molecule has 1 amide bonds. The summed E-state index contributed by atoms with van der Waals surface area (Å²) in [6.45, 7) is 6.60. The van der Waals surface area contributed by atoms with Crippen molar-refractivity contribution in [2.24, 2.45) is 5.41 Å². The van der Waals surface area contributed by atoms with Crippen molar-refractivity contribution in [3.05, 3.63) is 29.3 Å². The van der Waals surface area contributed by atoms with Crippen molar-refractivity contribution in [2.45, 2.75) is 27.2 Å². The molecule has 3 nitrogen and oxygen atoms in total. The second-order valence-corrected chi connectivity index (χ2v) is 5.42. The van der Waals surface area contributed by atoms with E-state index in [1.807, 2.05) is 20.8 Å². The average Bonchev–Trinajstić information content (AvgIpc) is 2.21. The third kappa shape index (κ3) is 3.98. The molecule has 0 atom stereocenters. The molecule has 0 aliphatic heterocycles. The third-order valence-corrected chi connectivity index (χ3v) is 2.50. The van der Waals surface area contributed by atoms with Gasteiger partial charge in [-0.1, -0.05) is 20.8 Å². The molecule has 0 aromatic heterocycles. The summed E-state index contributed by atoms with van der Waals surface area (Å²) in [5.74, 6) is -2.63. The SMILES string of the molecule is CC(C)(C)CCNC(=O)c1cc(F)c(F)cc1N. The predicted molar refractivity (Wildman–Crippen MR) is 67.2 cm³/mol. The van der Waals surface area contributed by atoms with Crippen LogP contribution >= 0.6 is 0 Å². The number of nitrogens with one attached hydrogen (secondary N) is 1. The summed E-state index contributed by atoms with van der Waals surface area (Å²) in [6.07, 6.45) is 0.780. The number of amides is 1. The number of hydrogen-bond donors (Lipinski definition) is 2. The van der Waals surface area contributed by atoms with E-state index in [0.717, 1.165) is 18.6 Å². The molecule has 0 saturated carbocycles. The highest BCUT2D eigenvalue weighted by atomic mass is 19.2. The Labute approximate surface area is 105 Å². The van der Waals surface area contributed by atoms with Gasteiger partial charge in [0.25, 0.3) is 5.91 Å². The van der Waals surface area contributed by atoms with Crippen LogP contribution in [0.25, 0.3) is 0 Å². The molecule has 0 fully saturated rings. The normalized spacial score (nSPS) is 11.4. The summed E-state index contributed by atoms with van der Waals surface area (Å²) in [4.78, 5) is 11.7. The maximum Gasteiger partial charge on any atom is 0.253 e. The van der Waals surface area contributed by atoms with Gasteiger partial charge in [0, 0.05) is 18.3 Å². The van der Waals surface area contributed by atoms with Crippen molar-refractivity contribution in [1.82, 2.24) is 5.32 Å². The molecule has 18 heavy (non-hydrogen) atoms. The molecule has 1 aromatic carbocycles. The van der Waals surface area contributed by atoms with Gasteiger partial charge in [-0.05, 0) is 17.9 Å². The van der Waals surface area contributed by atoms with Crippen LogP contribution in [0.4, 0.5) is 14.5 Å². The van der Waals surface area contributed by atoms with Gasteiger partial charge < -0.3 is 11.1 Å². The highest BCUT2D eigenvalue weighted by Crippen LogP contribution is 2.19. The number of halogens is 2. The van der Waals surface area contributed by atoms with Gasteiger partial charge in [0.05, 0.1) is 5.56 Å². The number of carbonyl (C=O) groups excluding carboxylic acids is 1. The van der Waals surface area contributed by atoms with E-state index in [0.29, 0.717) is 6.54 Å². The summed E-state index contributed by atoms with van der Waals surface area (Å²) in [6, 6.07) is 1.63.